The summed E-state index contributed by atoms with van der Waals surface area (Å²) in [6.07, 6.45) is 7.30. The molecule has 4 rings (SSSR count). The van der Waals surface area contributed by atoms with E-state index in [2.05, 4.69) is 45.3 Å². The first-order valence-corrected chi connectivity index (χ1v) is 9.56. The van der Waals surface area contributed by atoms with Crippen molar-refractivity contribution in [2.24, 2.45) is 0 Å². The maximum Gasteiger partial charge on any atom is 0.150 e. The fourth-order valence-corrected chi connectivity index (χ4v) is 4.25. The number of carbonyl (C=O) groups is 1. The van der Waals surface area contributed by atoms with Gasteiger partial charge in [-0.15, -0.1) is 0 Å². The van der Waals surface area contributed by atoms with Gasteiger partial charge in [-0.05, 0) is 76.5 Å². The van der Waals surface area contributed by atoms with Crippen molar-refractivity contribution < 1.29 is 4.79 Å². The van der Waals surface area contributed by atoms with Crippen molar-refractivity contribution in [3.8, 4) is 11.1 Å². The summed E-state index contributed by atoms with van der Waals surface area (Å²) in [6, 6.07) is 11.1. The lowest BCUT2D eigenvalue weighted by Gasteiger charge is -2.27. The van der Waals surface area contributed by atoms with Crippen molar-refractivity contribution in [2.45, 2.75) is 25.3 Å². The monoisotopic (exact) mass is 348 g/mol. The van der Waals surface area contributed by atoms with Gasteiger partial charge in [0, 0.05) is 24.0 Å². The molecule has 0 aliphatic carbocycles. The van der Waals surface area contributed by atoms with Crippen molar-refractivity contribution in [2.75, 3.05) is 6.54 Å². The molecule has 1 atom stereocenters. The van der Waals surface area contributed by atoms with Gasteiger partial charge in [0.15, 0.2) is 0 Å². The molecule has 1 aromatic carbocycles. The zero-order valence-electron chi connectivity index (χ0n) is 13.9. The number of rotatable bonds is 5. The van der Waals surface area contributed by atoms with Crippen molar-refractivity contribution in [1.82, 2.24) is 10.3 Å². The van der Waals surface area contributed by atoms with Crippen LogP contribution in [0.1, 0.15) is 39.5 Å². The van der Waals surface area contributed by atoms with Crippen molar-refractivity contribution in [3.63, 3.8) is 0 Å². The Hall–Kier alpha value is -2.30. The van der Waals surface area contributed by atoms with Gasteiger partial charge in [-0.3, -0.25) is 9.78 Å². The van der Waals surface area contributed by atoms with Gasteiger partial charge in [0.25, 0.3) is 0 Å². The van der Waals surface area contributed by atoms with Crippen LogP contribution >= 0.6 is 11.3 Å². The van der Waals surface area contributed by atoms with Crippen molar-refractivity contribution in [1.29, 1.82) is 0 Å². The number of aryl methyl sites for hydroxylation is 1. The Labute approximate surface area is 151 Å². The van der Waals surface area contributed by atoms with Crippen LogP contribution in [0.5, 0.6) is 0 Å². The molecule has 1 aliphatic heterocycles. The summed E-state index contributed by atoms with van der Waals surface area (Å²) >= 11 is 1.73. The van der Waals surface area contributed by atoms with E-state index in [1.807, 2.05) is 6.20 Å². The van der Waals surface area contributed by atoms with Crippen LogP contribution in [0.3, 0.4) is 0 Å². The molecule has 3 heterocycles. The second-order valence-corrected chi connectivity index (χ2v) is 7.19. The molecule has 3 nitrogen and oxygen atoms in total. The minimum Gasteiger partial charge on any atom is -0.310 e. The quantitative estimate of drug-likeness (QED) is 0.693. The number of benzene rings is 1. The number of aldehydes is 1. The molecule has 0 bridgehead atoms. The second kappa shape index (κ2) is 7.30. The van der Waals surface area contributed by atoms with Gasteiger partial charge < -0.3 is 5.32 Å². The van der Waals surface area contributed by atoms with Crippen LogP contribution in [0.25, 0.3) is 11.1 Å². The molecule has 0 fully saturated rings. The topological polar surface area (TPSA) is 42.0 Å². The van der Waals surface area contributed by atoms with E-state index in [1.165, 1.54) is 22.3 Å². The Morgan fingerprint density at radius 2 is 2.20 bits per heavy atom. The zero-order valence-corrected chi connectivity index (χ0v) is 14.8. The third-order valence-electron chi connectivity index (χ3n) is 4.93. The maximum absolute atomic E-state index is 11.2. The van der Waals surface area contributed by atoms with E-state index >= 15 is 0 Å². The first-order valence-electron chi connectivity index (χ1n) is 8.62. The van der Waals surface area contributed by atoms with Crippen LogP contribution in [-0.2, 0) is 12.8 Å². The maximum atomic E-state index is 11.2. The largest absolute Gasteiger partial charge is 0.310 e. The number of hydrogen-bond donors (Lipinski definition) is 1. The molecular formula is C21H20N2OS. The number of carbonyl (C=O) groups excluding carboxylic acids is 1. The second-order valence-electron chi connectivity index (χ2n) is 6.41. The Morgan fingerprint density at radius 1 is 1.24 bits per heavy atom. The Morgan fingerprint density at radius 3 is 3.04 bits per heavy atom. The van der Waals surface area contributed by atoms with Gasteiger partial charge in [-0.25, -0.2) is 0 Å². The minimum atomic E-state index is 0.333. The molecule has 0 radical (unpaired) electrons. The minimum absolute atomic E-state index is 0.333. The molecule has 126 valence electrons. The SMILES string of the molecule is O=Cc1ccncc1CC[C@@H]1NCCc2cc(-c3ccsc3)ccc21. The Balaban J connectivity index is 1.54. The molecule has 0 saturated heterocycles. The summed E-state index contributed by atoms with van der Waals surface area (Å²) in [4.78, 5) is 15.3. The van der Waals surface area contributed by atoms with Crippen LogP contribution < -0.4 is 5.32 Å². The molecule has 25 heavy (non-hydrogen) atoms. The number of nitrogens with zero attached hydrogens (tertiary/aromatic N) is 1. The van der Waals surface area contributed by atoms with Gasteiger partial charge in [-0.1, -0.05) is 18.2 Å². The van der Waals surface area contributed by atoms with Crippen molar-refractivity contribution >= 4 is 17.6 Å². The smallest absolute Gasteiger partial charge is 0.150 e. The predicted molar refractivity (Wildman–Crippen MR) is 102 cm³/mol. The molecule has 4 heteroatoms. The number of pyridine rings is 1. The van der Waals surface area contributed by atoms with Crippen LogP contribution in [0.2, 0.25) is 0 Å². The van der Waals surface area contributed by atoms with Crippen molar-refractivity contribution in [3.05, 3.63) is 75.7 Å². The summed E-state index contributed by atoms with van der Waals surface area (Å²) in [7, 11) is 0. The number of hydrogen-bond acceptors (Lipinski definition) is 4. The highest BCUT2D eigenvalue weighted by Crippen LogP contribution is 2.31. The van der Waals surface area contributed by atoms with E-state index in [4.69, 9.17) is 0 Å². The van der Waals surface area contributed by atoms with Crippen LogP contribution in [0.4, 0.5) is 0 Å². The lowest BCUT2D eigenvalue weighted by molar-refractivity contribution is 0.112. The summed E-state index contributed by atoms with van der Waals surface area (Å²) in [5, 5.41) is 7.95. The fraction of sp³-hybridized carbons (Fsp3) is 0.238. The van der Waals surface area contributed by atoms with E-state index in [0.717, 1.165) is 43.2 Å². The van der Waals surface area contributed by atoms with Gasteiger partial charge in [0.2, 0.25) is 0 Å². The standard InChI is InChI=1S/C21H20N2OS/c24-13-18-5-8-22-12-17(18)2-4-21-20-3-1-15(19-7-10-25-14-19)11-16(20)6-9-23-21/h1,3,5,7-8,10-14,21,23H,2,4,6,9H2/t21-/m0/s1. The van der Waals surface area contributed by atoms with E-state index in [0.29, 0.717) is 6.04 Å². The summed E-state index contributed by atoms with van der Waals surface area (Å²) < 4.78 is 0. The third kappa shape index (κ3) is 3.41. The fourth-order valence-electron chi connectivity index (χ4n) is 3.58. The lowest BCUT2D eigenvalue weighted by Crippen LogP contribution is -2.30. The highest BCUT2D eigenvalue weighted by molar-refractivity contribution is 7.08. The van der Waals surface area contributed by atoms with Gasteiger partial charge >= 0.3 is 0 Å². The molecule has 0 spiro atoms. The molecule has 0 unspecified atom stereocenters. The Kier molecular flexibility index (Phi) is 4.72. The first kappa shape index (κ1) is 16.2. The van der Waals surface area contributed by atoms with E-state index < -0.39 is 0 Å². The molecule has 0 saturated carbocycles. The molecule has 1 N–H and O–H groups in total. The Bertz CT molecular complexity index is 873. The van der Waals surface area contributed by atoms with E-state index in [-0.39, 0.29) is 0 Å². The highest BCUT2D eigenvalue weighted by Gasteiger charge is 2.20. The normalized spacial score (nSPS) is 16.4. The van der Waals surface area contributed by atoms with E-state index in [9.17, 15) is 4.79 Å². The highest BCUT2D eigenvalue weighted by atomic mass is 32.1. The summed E-state index contributed by atoms with van der Waals surface area (Å²) in [5.74, 6) is 0. The molecule has 1 aliphatic rings. The molecular weight excluding hydrogens is 328 g/mol. The first-order chi connectivity index (χ1) is 12.3. The molecule has 2 aromatic heterocycles. The van der Waals surface area contributed by atoms with Crippen LogP contribution in [-0.4, -0.2) is 17.8 Å². The molecule has 0 amide bonds. The number of aromatic nitrogens is 1. The summed E-state index contributed by atoms with van der Waals surface area (Å²) in [5.41, 5.74) is 7.21. The average Bonchev–Trinajstić information content (AvgIpc) is 3.21. The number of thiophene rings is 1. The number of fused-ring (bicyclic) bond motifs is 1. The predicted octanol–water partition coefficient (Wildman–Crippen LogP) is 4.44. The van der Waals surface area contributed by atoms with Gasteiger partial charge in [0.05, 0.1) is 0 Å². The van der Waals surface area contributed by atoms with Gasteiger partial charge in [0.1, 0.15) is 6.29 Å². The van der Waals surface area contributed by atoms with Crippen LogP contribution in [0.15, 0.2) is 53.5 Å². The lowest BCUT2D eigenvalue weighted by atomic mass is 9.88. The molecule has 3 aromatic rings. The third-order valence-corrected chi connectivity index (χ3v) is 5.61. The number of nitrogens with one attached hydrogen (secondary N) is 1. The van der Waals surface area contributed by atoms with Crippen LogP contribution in [0, 0.1) is 0 Å². The van der Waals surface area contributed by atoms with E-state index in [1.54, 1.807) is 23.6 Å². The summed E-state index contributed by atoms with van der Waals surface area (Å²) in [6.45, 7) is 0.998. The zero-order chi connectivity index (χ0) is 17.1. The average molecular weight is 348 g/mol. The van der Waals surface area contributed by atoms with Gasteiger partial charge in [-0.2, -0.15) is 11.3 Å².